The Hall–Kier alpha value is -0.890. The van der Waals surface area contributed by atoms with Gasteiger partial charge in [0.1, 0.15) is 5.82 Å². The number of fused-ring (bicyclic) bond motifs is 1. The molecule has 0 bridgehead atoms. The average molecular weight is 191 g/mol. The predicted octanol–water partition coefficient (Wildman–Crippen LogP) is 2.15. The van der Waals surface area contributed by atoms with Crippen LogP contribution in [-0.4, -0.2) is 13.1 Å². The van der Waals surface area contributed by atoms with Crippen LogP contribution in [-0.2, 0) is 0 Å². The summed E-state index contributed by atoms with van der Waals surface area (Å²) < 4.78 is 13.0. The molecule has 1 aliphatic heterocycles. The third-order valence-corrected chi connectivity index (χ3v) is 3.74. The molecule has 1 N–H and O–H groups in total. The Morgan fingerprint density at radius 2 is 2.21 bits per heavy atom. The fourth-order valence-corrected chi connectivity index (χ4v) is 2.91. The first-order valence-electron chi connectivity index (χ1n) is 5.31. The molecule has 1 saturated carbocycles. The highest BCUT2D eigenvalue weighted by Gasteiger charge is 2.44. The van der Waals surface area contributed by atoms with Crippen molar-refractivity contribution in [3.63, 3.8) is 0 Å². The molecule has 0 unspecified atom stereocenters. The molecule has 3 atom stereocenters. The topological polar surface area (TPSA) is 12.0 Å². The molecule has 1 aliphatic carbocycles. The van der Waals surface area contributed by atoms with Crippen molar-refractivity contribution in [1.29, 1.82) is 0 Å². The van der Waals surface area contributed by atoms with Crippen molar-refractivity contribution >= 4 is 0 Å². The maximum absolute atomic E-state index is 13.0. The normalized spacial score (nSPS) is 35.1. The van der Waals surface area contributed by atoms with Gasteiger partial charge in [-0.05, 0) is 55.0 Å². The van der Waals surface area contributed by atoms with Gasteiger partial charge in [0, 0.05) is 0 Å². The van der Waals surface area contributed by atoms with Crippen LogP contribution in [0.5, 0.6) is 0 Å². The van der Waals surface area contributed by atoms with Crippen LogP contribution in [0.4, 0.5) is 4.39 Å². The van der Waals surface area contributed by atoms with Crippen LogP contribution < -0.4 is 5.32 Å². The number of benzene rings is 1. The summed E-state index contributed by atoms with van der Waals surface area (Å²) in [5.41, 5.74) is 1.19. The number of rotatable bonds is 1. The van der Waals surface area contributed by atoms with E-state index in [1.165, 1.54) is 18.1 Å². The highest BCUT2D eigenvalue weighted by Crippen LogP contribution is 2.48. The Kier molecular flexibility index (Phi) is 1.84. The van der Waals surface area contributed by atoms with Gasteiger partial charge in [0.05, 0.1) is 0 Å². The highest BCUT2D eigenvalue weighted by molar-refractivity contribution is 5.25. The van der Waals surface area contributed by atoms with E-state index in [1.54, 1.807) is 6.07 Å². The Morgan fingerprint density at radius 3 is 3.00 bits per heavy atom. The first-order chi connectivity index (χ1) is 6.84. The molecule has 1 heterocycles. The minimum atomic E-state index is -0.100. The highest BCUT2D eigenvalue weighted by atomic mass is 19.1. The van der Waals surface area contributed by atoms with Crippen LogP contribution in [0, 0.1) is 17.7 Å². The second-order valence-corrected chi connectivity index (χ2v) is 4.48. The van der Waals surface area contributed by atoms with Gasteiger partial charge >= 0.3 is 0 Å². The molecular weight excluding hydrogens is 177 g/mol. The van der Waals surface area contributed by atoms with E-state index in [2.05, 4.69) is 11.4 Å². The fourth-order valence-electron chi connectivity index (χ4n) is 2.91. The molecule has 2 fully saturated rings. The molecule has 1 aromatic carbocycles. The zero-order chi connectivity index (χ0) is 9.54. The molecule has 1 nitrogen and oxygen atoms in total. The minimum absolute atomic E-state index is 0.100. The van der Waals surface area contributed by atoms with Crippen LogP contribution in [0.15, 0.2) is 24.3 Å². The molecule has 3 rings (SSSR count). The van der Waals surface area contributed by atoms with Crippen LogP contribution in [0.2, 0.25) is 0 Å². The Bertz CT molecular complexity index is 350. The van der Waals surface area contributed by atoms with Crippen molar-refractivity contribution in [3.8, 4) is 0 Å². The third kappa shape index (κ3) is 1.17. The zero-order valence-corrected chi connectivity index (χ0v) is 8.04. The molecule has 0 amide bonds. The van der Waals surface area contributed by atoms with Crippen LogP contribution in [0.25, 0.3) is 0 Å². The quantitative estimate of drug-likeness (QED) is 0.717. The van der Waals surface area contributed by atoms with E-state index in [1.807, 2.05) is 6.07 Å². The van der Waals surface area contributed by atoms with Crippen LogP contribution in [0.3, 0.4) is 0 Å². The lowest BCUT2D eigenvalue weighted by Crippen LogP contribution is -2.33. The monoisotopic (exact) mass is 191 g/mol. The average Bonchev–Trinajstić information content (AvgIpc) is 2.48. The molecule has 1 saturated heterocycles. The molecule has 14 heavy (non-hydrogen) atoms. The number of hydrogen-bond donors (Lipinski definition) is 1. The van der Waals surface area contributed by atoms with Gasteiger partial charge in [-0.1, -0.05) is 12.1 Å². The van der Waals surface area contributed by atoms with E-state index in [4.69, 9.17) is 0 Å². The molecule has 0 radical (unpaired) electrons. The van der Waals surface area contributed by atoms with Gasteiger partial charge in [-0.15, -0.1) is 0 Å². The Labute approximate surface area is 83.3 Å². The first-order valence-corrected chi connectivity index (χ1v) is 5.31. The number of halogens is 1. The summed E-state index contributed by atoms with van der Waals surface area (Å²) in [5.74, 6) is 2.11. The van der Waals surface area contributed by atoms with Crippen LogP contribution >= 0.6 is 0 Å². The molecule has 74 valence electrons. The lowest BCUT2D eigenvalue weighted by Gasteiger charge is -2.40. The summed E-state index contributed by atoms with van der Waals surface area (Å²) in [6, 6.07) is 7.09. The van der Waals surface area contributed by atoms with Crippen molar-refractivity contribution in [2.24, 2.45) is 11.8 Å². The van der Waals surface area contributed by atoms with E-state index in [-0.39, 0.29) is 5.82 Å². The largest absolute Gasteiger partial charge is 0.316 e. The van der Waals surface area contributed by atoms with Gasteiger partial charge in [0.15, 0.2) is 0 Å². The van der Waals surface area contributed by atoms with Gasteiger partial charge < -0.3 is 5.32 Å². The molecule has 0 spiro atoms. The standard InChI is InChI=1S/C12H14FN/c13-10-3-1-2-8(4-10)11-5-9-6-14-7-12(9)11/h1-4,9,11-12,14H,5-7H2/t9-,11-,12+/m1/s1. The maximum Gasteiger partial charge on any atom is 0.123 e. The van der Waals surface area contributed by atoms with E-state index >= 15 is 0 Å². The molecule has 1 aromatic rings. The zero-order valence-electron chi connectivity index (χ0n) is 8.04. The minimum Gasteiger partial charge on any atom is -0.316 e. The number of nitrogens with one attached hydrogen (secondary N) is 1. The van der Waals surface area contributed by atoms with E-state index in [9.17, 15) is 4.39 Å². The van der Waals surface area contributed by atoms with Crippen molar-refractivity contribution < 1.29 is 4.39 Å². The molecular formula is C12H14FN. The molecule has 2 heteroatoms. The molecule has 2 aliphatic rings. The summed E-state index contributed by atoms with van der Waals surface area (Å²) in [6.07, 6.45) is 1.24. The van der Waals surface area contributed by atoms with E-state index in [0.29, 0.717) is 5.92 Å². The Morgan fingerprint density at radius 1 is 1.29 bits per heavy atom. The SMILES string of the molecule is Fc1cccc([C@H]2C[C@@H]3CNC[C@@H]32)c1. The lowest BCUT2D eigenvalue weighted by atomic mass is 9.64. The van der Waals surface area contributed by atoms with Gasteiger partial charge in [-0.2, -0.15) is 0 Å². The predicted molar refractivity (Wildman–Crippen MR) is 53.6 cm³/mol. The summed E-state index contributed by atoms with van der Waals surface area (Å²) in [6.45, 7) is 2.28. The fraction of sp³-hybridized carbons (Fsp3) is 0.500. The van der Waals surface area contributed by atoms with Crippen molar-refractivity contribution in [1.82, 2.24) is 5.32 Å². The van der Waals surface area contributed by atoms with E-state index < -0.39 is 0 Å². The van der Waals surface area contributed by atoms with Crippen molar-refractivity contribution in [3.05, 3.63) is 35.6 Å². The third-order valence-electron chi connectivity index (χ3n) is 3.74. The van der Waals surface area contributed by atoms with Gasteiger partial charge in [0.25, 0.3) is 0 Å². The second-order valence-electron chi connectivity index (χ2n) is 4.48. The van der Waals surface area contributed by atoms with Crippen molar-refractivity contribution in [2.75, 3.05) is 13.1 Å². The van der Waals surface area contributed by atoms with Gasteiger partial charge in [-0.3, -0.25) is 0 Å². The Balaban J connectivity index is 1.83. The van der Waals surface area contributed by atoms with Gasteiger partial charge in [0.2, 0.25) is 0 Å². The summed E-state index contributed by atoms with van der Waals surface area (Å²) in [5, 5.41) is 3.40. The smallest absolute Gasteiger partial charge is 0.123 e. The second kappa shape index (κ2) is 3.06. The maximum atomic E-state index is 13.0. The summed E-state index contributed by atoms with van der Waals surface area (Å²) in [7, 11) is 0. The summed E-state index contributed by atoms with van der Waals surface area (Å²) in [4.78, 5) is 0. The van der Waals surface area contributed by atoms with Crippen molar-refractivity contribution in [2.45, 2.75) is 12.3 Å². The van der Waals surface area contributed by atoms with Crippen LogP contribution in [0.1, 0.15) is 17.9 Å². The van der Waals surface area contributed by atoms with E-state index in [0.717, 1.165) is 24.9 Å². The first kappa shape index (κ1) is 8.42. The summed E-state index contributed by atoms with van der Waals surface area (Å²) >= 11 is 0. The lowest BCUT2D eigenvalue weighted by molar-refractivity contribution is 0.190. The van der Waals surface area contributed by atoms with Gasteiger partial charge in [-0.25, -0.2) is 4.39 Å². The molecule has 0 aromatic heterocycles. The number of hydrogen-bond acceptors (Lipinski definition) is 1.